The van der Waals surface area contributed by atoms with Gasteiger partial charge in [0.05, 0.1) is 4.47 Å². The Morgan fingerprint density at radius 2 is 2.00 bits per heavy atom. The molecule has 0 fully saturated rings. The van der Waals surface area contributed by atoms with Gasteiger partial charge in [0.15, 0.2) is 11.5 Å². The number of nitrogens with two attached hydrogens (primary N) is 1. The number of fused-ring (bicyclic) bond motifs is 1. The normalized spacial score (nSPS) is 13.9. The van der Waals surface area contributed by atoms with Gasteiger partial charge in [-0.2, -0.15) is 0 Å². The monoisotopic (exact) mass is 285 g/mol. The molecular weight excluding hydrogens is 270 g/mol. The summed E-state index contributed by atoms with van der Waals surface area (Å²) in [6.07, 6.45) is 3.21. The molecule has 1 heterocycles. The van der Waals surface area contributed by atoms with Crippen molar-refractivity contribution in [3.05, 3.63) is 22.2 Å². The molecule has 16 heavy (non-hydrogen) atoms. The van der Waals surface area contributed by atoms with Crippen LogP contribution in [0.5, 0.6) is 11.5 Å². The van der Waals surface area contributed by atoms with Crippen molar-refractivity contribution in [3.8, 4) is 11.5 Å². The molecule has 88 valence electrons. The fourth-order valence-electron chi connectivity index (χ4n) is 1.78. The van der Waals surface area contributed by atoms with E-state index >= 15 is 0 Å². The molecule has 0 radical (unpaired) electrons. The highest BCUT2D eigenvalue weighted by molar-refractivity contribution is 9.10. The molecule has 0 unspecified atom stereocenters. The zero-order valence-electron chi connectivity index (χ0n) is 9.17. The molecule has 0 aromatic heterocycles. The molecule has 2 rings (SSSR count). The second-order valence-corrected chi connectivity index (χ2v) is 4.70. The third-order valence-electron chi connectivity index (χ3n) is 2.58. The van der Waals surface area contributed by atoms with Crippen molar-refractivity contribution in [3.63, 3.8) is 0 Å². The Balaban J connectivity index is 2.12. The van der Waals surface area contributed by atoms with Crippen LogP contribution in [0, 0.1) is 0 Å². The standard InChI is InChI=1S/C12H16BrNO2/c13-10-7-9(3-1-2-4-14)8-11-12(10)16-6-5-15-11/h7-8H,1-6,14H2. The molecule has 0 saturated carbocycles. The maximum atomic E-state index is 5.57. The number of ether oxygens (including phenoxy) is 2. The van der Waals surface area contributed by atoms with Crippen LogP contribution in [0.3, 0.4) is 0 Å². The minimum atomic E-state index is 0.623. The number of hydrogen-bond donors (Lipinski definition) is 1. The Bertz CT molecular complexity index is 368. The highest BCUT2D eigenvalue weighted by atomic mass is 79.9. The summed E-state index contributed by atoms with van der Waals surface area (Å²) >= 11 is 3.51. The molecule has 1 aliphatic rings. The summed E-state index contributed by atoms with van der Waals surface area (Å²) < 4.78 is 12.1. The van der Waals surface area contributed by atoms with Crippen LogP contribution in [0.15, 0.2) is 16.6 Å². The van der Waals surface area contributed by atoms with Crippen LogP contribution in [-0.4, -0.2) is 19.8 Å². The Hall–Kier alpha value is -0.740. The van der Waals surface area contributed by atoms with Gasteiger partial charge in [0.2, 0.25) is 0 Å². The van der Waals surface area contributed by atoms with E-state index in [1.807, 2.05) is 0 Å². The lowest BCUT2D eigenvalue weighted by atomic mass is 10.1. The Labute approximate surface area is 104 Å². The molecule has 0 spiro atoms. The average Bonchev–Trinajstić information content (AvgIpc) is 2.30. The number of unbranched alkanes of at least 4 members (excludes halogenated alkanes) is 1. The topological polar surface area (TPSA) is 44.5 Å². The molecular formula is C12H16BrNO2. The van der Waals surface area contributed by atoms with Gasteiger partial charge in [-0.25, -0.2) is 0 Å². The number of rotatable bonds is 4. The van der Waals surface area contributed by atoms with E-state index < -0.39 is 0 Å². The quantitative estimate of drug-likeness (QED) is 0.865. The van der Waals surface area contributed by atoms with Gasteiger partial charge in [-0.1, -0.05) is 0 Å². The van der Waals surface area contributed by atoms with E-state index in [-0.39, 0.29) is 0 Å². The molecule has 3 nitrogen and oxygen atoms in total. The molecule has 1 aromatic carbocycles. The summed E-state index contributed by atoms with van der Waals surface area (Å²) in [6, 6.07) is 4.17. The third-order valence-corrected chi connectivity index (χ3v) is 3.17. The Morgan fingerprint density at radius 3 is 2.81 bits per heavy atom. The highest BCUT2D eigenvalue weighted by Gasteiger charge is 2.15. The van der Waals surface area contributed by atoms with Gasteiger partial charge < -0.3 is 15.2 Å². The van der Waals surface area contributed by atoms with Crippen LogP contribution in [0.2, 0.25) is 0 Å². The fraction of sp³-hybridized carbons (Fsp3) is 0.500. The van der Waals surface area contributed by atoms with Gasteiger partial charge in [0.1, 0.15) is 13.2 Å². The fourth-order valence-corrected chi connectivity index (χ4v) is 2.39. The predicted molar refractivity (Wildman–Crippen MR) is 67.1 cm³/mol. The first-order valence-electron chi connectivity index (χ1n) is 5.59. The van der Waals surface area contributed by atoms with Crippen molar-refractivity contribution in [2.75, 3.05) is 19.8 Å². The molecule has 2 N–H and O–H groups in total. The van der Waals surface area contributed by atoms with Crippen LogP contribution in [0.25, 0.3) is 0 Å². The van der Waals surface area contributed by atoms with Gasteiger partial charge >= 0.3 is 0 Å². The van der Waals surface area contributed by atoms with Crippen molar-refractivity contribution in [2.24, 2.45) is 5.73 Å². The predicted octanol–water partition coefficient (Wildman–Crippen LogP) is 2.50. The van der Waals surface area contributed by atoms with Crippen molar-refractivity contribution in [1.29, 1.82) is 0 Å². The largest absolute Gasteiger partial charge is 0.486 e. The van der Waals surface area contributed by atoms with Crippen molar-refractivity contribution in [1.82, 2.24) is 0 Å². The molecule has 0 aliphatic carbocycles. The Morgan fingerprint density at radius 1 is 1.19 bits per heavy atom. The maximum Gasteiger partial charge on any atom is 0.175 e. The lowest BCUT2D eigenvalue weighted by Gasteiger charge is -2.20. The van der Waals surface area contributed by atoms with Crippen molar-refractivity contribution in [2.45, 2.75) is 19.3 Å². The Kier molecular flexibility index (Phi) is 4.07. The summed E-state index contributed by atoms with van der Waals surface area (Å²) in [5.41, 5.74) is 6.75. The van der Waals surface area contributed by atoms with Crippen LogP contribution in [0.1, 0.15) is 18.4 Å². The van der Waals surface area contributed by atoms with Gasteiger partial charge in [0, 0.05) is 0 Å². The second kappa shape index (κ2) is 5.55. The SMILES string of the molecule is NCCCCc1cc(Br)c2c(c1)OCCO2. The summed E-state index contributed by atoms with van der Waals surface area (Å²) in [5.74, 6) is 1.68. The smallest absolute Gasteiger partial charge is 0.175 e. The lowest BCUT2D eigenvalue weighted by molar-refractivity contribution is 0.170. The van der Waals surface area contributed by atoms with E-state index in [4.69, 9.17) is 15.2 Å². The second-order valence-electron chi connectivity index (χ2n) is 3.85. The van der Waals surface area contributed by atoms with E-state index in [2.05, 4.69) is 28.1 Å². The van der Waals surface area contributed by atoms with Crippen LogP contribution >= 0.6 is 15.9 Å². The summed E-state index contributed by atoms with van der Waals surface area (Å²) in [4.78, 5) is 0. The first kappa shape index (κ1) is 11.7. The van der Waals surface area contributed by atoms with Crippen molar-refractivity contribution >= 4 is 15.9 Å². The molecule has 0 saturated heterocycles. The molecule has 1 aromatic rings. The number of halogens is 1. The summed E-state index contributed by atoms with van der Waals surface area (Å²) in [6.45, 7) is 2.01. The van der Waals surface area contributed by atoms with E-state index in [1.54, 1.807) is 0 Å². The molecule has 0 amide bonds. The number of benzene rings is 1. The zero-order chi connectivity index (χ0) is 11.4. The minimum Gasteiger partial charge on any atom is -0.486 e. The number of hydrogen-bond acceptors (Lipinski definition) is 3. The third kappa shape index (κ3) is 2.68. The van der Waals surface area contributed by atoms with Gasteiger partial charge in [-0.3, -0.25) is 0 Å². The first-order valence-corrected chi connectivity index (χ1v) is 6.38. The van der Waals surface area contributed by atoms with E-state index in [9.17, 15) is 0 Å². The van der Waals surface area contributed by atoms with Crippen molar-refractivity contribution < 1.29 is 9.47 Å². The lowest BCUT2D eigenvalue weighted by Crippen LogP contribution is -2.16. The summed E-state index contributed by atoms with van der Waals surface area (Å²) in [5, 5.41) is 0. The van der Waals surface area contributed by atoms with Gasteiger partial charge in [0.25, 0.3) is 0 Å². The molecule has 0 atom stereocenters. The summed E-state index contributed by atoms with van der Waals surface area (Å²) in [7, 11) is 0. The van der Waals surface area contributed by atoms with E-state index in [0.29, 0.717) is 13.2 Å². The highest BCUT2D eigenvalue weighted by Crippen LogP contribution is 2.38. The first-order chi connectivity index (χ1) is 7.81. The number of aryl methyl sites for hydroxylation is 1. The molecule has 1 aliphatic heterocycles. The van der Waals surface area contributed by atoms with E-state index in [1.165, 1.54) is 5.56 Å². The van der Waals surface area contributed by atoms with Crippen LogP contribution < -0.4 is 15.2 Å². The average molecular weight is 286 g/mol. The van der Waals surface area contributed by atoms with Crippen LogP contribution in [-0.2, 0) is 6.42 Å². The zero-order valence-corrected chi connectivity index (χ0v) is 10.8. The molecule has 4 heteroatoms. The van der Waals surface area contributed by atoms with Gasteiger partial charge in [-0.05, 0) is 59.4 Å². The maximum absolute atomic E-state index is 5.57. The minimum absolute atomic E-state index is 0.623. The van der Waals surface area contributed by atoms with Gasteiger partial charge in [-0.15, -0.1) is 0 Å². The van der Waals surface area contributed by atoms with E-state index in [0.717, 1.165) is 41.8 Å². The molecule has 0 bridgehead atoms. The van der Waals surface area contributed by atoms with Crippen LogP contribution in [0.4, 0.5) is 0 Å².